The minimum absolute atomic E-state index is 0.264. The van der Waals surface area contributed by atoms with Crippen LogP contribution in [0.25, 0.3) is 11.0 Å². The van der Waals surface area contributed by atoms with E-state index in [1.807, 2.05) is 49.4 Å². The molecule has 0 saturated heterocycles. The van der Waals surface area contributed by atoms with Crippen molar-refractivity contribution in [3.05, 3.63) is 94.5 Å². The van der Waals surface area contributed by atoms with Crippen molar-refractivity contribution in [2.75, 3.05) is 6.61 Å². The SMILES string of the molecule is Cc1cc(OCCCCn2c(CNC(=O)c3ccc(F)cc3)nc3ccccc32)ccc1Cl. The lowest BCUT2D eigenvalue weighted by Gasteiger charge is -2.11. The van der Waals surface area contributed by atoms with Crippen LogP contribution in [-0.2, 0) is 13.1 Å². The highest BCUT2D eigenvalue weighted by molar-refractivity contribution is 6.31. The van der Waals surface area contributed by atoms with Gasteiger partial charge in [-0.15, -0.1) is 0 Å². The first-order chi connectivity index (χ1) is 16.0. The lowest BCUT2D eigenvalue weighted by Crippen LogP contribution is -2.24. The van der Waals surface area contributed by atoms with Gasteiger partial charge in [-0.3, -0.25) is 4.79 Å². The van der Waals surface area contributed by atoms with E-state index in [0.29, 0.717) is 12.2 Å². The van der Waals surface area contributed by atoms with Crippen LogP contribution in [0.1, 0.15) is 34.6 Å². The van der Waals surface area contributed by atoms with Gasteiger partial charge in [0.25, 0.3) is 5.91 Å². The van der Waals surface area contributed by atoms with Gasteiger partial charge in [-0.25, -0.2) is 9.37 Å². The van der Waals surface area contributed by atoms with Gasteiger partial charge >= 0.3 is 0 Å². The average molecular weight is 466 g/mol. The fourth-order valence-corrected chi connectivity index (χ4v) is 3.76. The van der Waals surface area contributed by atoms with Gasteiger partial charge < -0.3 is 14.6 Å². The number of aromatic nitrogens is 2. The molecule has 33 heavy (non-hydrogen) atoms. The monoisotopic (exact) mass is 465 g/mol. The van der Waals surface area contributed by atoms with E-state index in [-0.39, 0.29) is 18.3 Å². The summed E-state index contributed by atoms with van der Waals surface area (Å²) < 4.78 is 21.1. The summed E-state index contributed by atoms with van der Waals surface area (Å²) in [6, 6.07) is 19.1. The number of nitrogens with zero attached hydrogens (tertiary/aromatic N) is 2. The summed E-state index contributed by atoms with van der Waals surface area (Å²) in [4.78, 5) is 17.1. The number of amides is 1. The average Bonchev–Trinajstić information content (AvgIpc) is 3.17. The highest BCUT2D eigenvalue weighted by Crippen LogP contribution is 2.21. The number of ether oxygens (including phenoxy) is 1. The number of halogens is 2. The Kier molecular flexibility index (Phi) is 7.25. The van der Waals surface area contributed by atoms with Gasteiger partial charge in [0.2, 0.25) is 0 Å². The predicted octanol–water partition coefficient (Wildman–Crippen LogP) is 5.93. The Bertz CT molecular complexity index is 1250. The summed E-state index contributed by atoms with van der Waals surface area (Å²) in [7, 11) is 0. The van der Waals surface area contributed by atoms with Gasteiger partial charge in [0.1, 0.15) is 17.4 Å². The van der Waals surface area contributed by atoms with Crippen molar-refractivity contribution in [3.8, 4) is 5.75 Å². The first kappa shape index (κ1) is 22.8. The lowest BCUT2D eigenvalue weighted by atomic mass is 10.2. The molecule has 0 atom stereocenters. The molecule has 1 heterocycles. The largest absolute Gasteiger partial charge is 0.494 e. The predicted molar refractivity (Wildman–Crippen MR) is 128 cm³/mol. The Morgan fingerprint density at radius 2 is 1.88 bits per heavy atom. The Labute approximate surface area is 197 Å². The van der Waals surface area contributed by atoms with Crippen LogP contribution >= 0.6 is 11.6 Å². The molecule has 0 fully saturated rings. The Morgan fingerprint density at radius 3 is 2.67 bits per heavy atom. The highest BCUT2D eigenvalue weighted by atomic mass is 35.5. The summed E-state index contributed by atoms with van der Waals surface area (Å²) in [6.07, 6.45) is 1.77. The number of unbranched alkanes of at least 4 members (excludes halogenated alkanes) is 1. The molecule has 170 valence electrons. The van der Waals surface area contributed by atoms with Gasteiger partial charge in [0.15, 0.2) is 0 Å². The number of hydrogen-bond donors (Lipinski definition) is 1. The molecule has 1 amide bonds. The van der Waals surface area contributed by atoms with E-state index in [9.17, 15) is 9.18 Å². The van der Waals surface area contributed by atoms with E-state index in [1.165, 1.54) is 24.3 Å². The molecule has 0 saturated carbocycles. The number of para-hydroxylation sites is 2. The normalized spacial score (nSPS) is 11.0. The zero-order valence-corrected chi connectivity index (χ0v) is 19.1. The second kappa shape index (κ2) is 10.5. The van der Waals surface area contributed by atoms with Crippen LogP contribution in [0.5, 0.6) is 5.75 Å². The fraction of sp³-hybridized carbons (Fsp3) is 0.231. The van der Waals surface area contributed by atoms with Gasteiger partial charge in [-0.2, -0.15) is 0 Å². The number of aryl methyl sites for hydroxylation is 2. The van der Waals surface area contributed by atoms with Crippen molar-refractivity contribution in [1.29, 1.82) is 0 Å². The Balaban J connectivity index is 1.37. The Hall–Kier alpha value is -3.38. The molecular formula is C26H25ClFN3O2. The molecule has 0 aliphatic heterocycles. The summed E-state index contributed by atoms with van der Waals surface area (Å²) in [5, 5.41) is 3.62. The number of carbonyl (C=O) groups excluding carboxylic acids is 1. The Morgan fingerprint density at radius 1 is 1.09 bits per heavy atom. The van der Waals surface area contributed by atoms with Crippen molar-refractivity contribution in [2.45, 2.75) is 32.9 Å². The summed E-state index contributed by atoms with van der Waals surface area (Å²) in [5.41, 5.74) is 3.31. The van der Waals surface area contributed by atoms with Gasteiger partial charge in [0, 0.05) is 17.1 Å². The fourth-order valence-electron chi connectivity index (χ4n) is 3.64. The van der Waals surface area contributed by atoms with Crippen LogP contribution in [0.3, 0.4) is 0 Å². The van der Waals surface area contributed by atoms with Crippen molar-refractivity contribution in [3.63, 3.8) is 0 Å². The van der Waals surface area contributed by atoms with E-state index in [1.54, 1.807) is 0 Å². The van der Waals surface area contributed by atoms with Crippen LogP contribution in [0, 0.1) is 12.7 Å². The molecule has 0 aliphatic rings. The van der Waals surface area contributed by atoms with Gasteiger partial charge in [-0.1, -0.05) is 23.7 Å². The van der Waals surface area contributed by atoms with Crippen LogP contribution < -0.4 is 10.1 Å². The molecule has 0 unspecified atom stereocenters. The number of hydrogen-bond acceptors (Lipinski definition) is 3. The number of rotatable bonds is 9. The van der Waals surface area contributed by atoms with Gasteiger partial charge in [-0.05, 0) is 79.9 Å². The van der Waals surface area contributed by atoms with Crippen LogP contribution in [0.4, 0.5) is 4.39 Å². The minimum Gasteiger partial charge on any atom is -0.494 e. The third-order valence-electron chi connectivity index (χ3n) is 5.42. The van der Waals surface area contributed by atoms with E-state index >= 15 is 0 Å². The molecule has 1 aromatic heterocycles. The molecule has 7 heteroatoms. The van der Waals surface area contributed by atoms with Crippen molar-refractivity contribution in [1.82, 2.24) is 14.9 Å². The van der Waals surface area contributed by atoms with Crippen molar-refractivity contribution < 1.29 is 13.9 Å². The van der Waals surface area contributed by atoms with Crippen LogP contribution in [0.2, 0.25) is 5.02 Å². The molecule has 0 radical (unpaired) electrons. The zero-order chi connectivity index (χ0) is 23.2. The molecule has 4 aromatic rings. The van der Waals surface area contributed by atoms with Crippen molar-refractivity contribution in [2.24, 2.45) is 0 Å². The molecule has 1 N–H and O–H groups in total. The maximum absolute atomic E-state index is 13.1. The molecule has 4 rings (SSSR count). The minimum atomic E-state index is -0.372. The van der Waals surface area contributed by atoms with Gasteiger partial charge in [0.05, 0.1) is 24.2 Å². The third-order valence-corrected chi connectivity index (χ3v) is 5.85. The zero-order valence-electron chi connectivity index (χ0n) is 18.4. The van der Waals surface area contributed by atoms with Crippen LogP contribution in [0.15, 0.2) is 66.7 Å². The number of imidazole rings is 1. The lowest BCUT2D eigenvalue weighted by molar-refractivity contribution is 0.0949. The van der Waals surface area contributed by atoms with Crippen LogP contribution in [-0.4, -0.2) is 22.1 Å². The summed E-state index contributed by atoms with van der Waals surface area (Å²) in [6.45, 7) is 3.59. The second-order valence-corrected chi connectivity index (χ2v) is 8.23. The molecule has 0 bridgehead atoms. The third kappa shape index (κ3) is 5.71. The van der Waals surface area contributed by atoms with E-state index < -0.39 is 0 Å². The number of carbonyl (C=O) groups is 1. The molecule has 0 spiro atoms. The first-order valence-corrected chi connectivity index (χ1v) is 11.3. The van der Waals surface area contributed by atoms with Crippen molar-refractivity contribution >= 4 is 28.5 Å². The second-order valence-electron chi connectivity index (χ2n) is 7.82. The van der Waals surface area contributed by atoms with E-state index in [2.05, 4.69) is 9.88 Å². The standard InChI is InChI=1S/C26H25ClFN3O2/c1-18-16-21(12-13-22(18)27)33-15-5-4-14-31-24-7-3-2-6-23(24)30-25(31)17-29-26(32)19-8-10-20(28)11-9-19/h2-3,6-13,16H,4-5,14-15,17H2,1H3,(H,29,32). The van der Waals surface area contributed by atoms with E-state index in [0.717, 1.165) is 52.6 Å². The van der Waals surface area contributed by atoms with E-state index in [4.69, 9.17) is 21.3 Å². The maximum atomic E-state index is 13.1. The molecule has 5 nitrogen and oxygen atoms in total. The summed E-state index contributed by atoms with van der Waals surface area (Å²) in [5.74, 6) is 0.957. The molecule has 0 aliphatic carbocycles. The number of fused-ring (bicyclic) bond motifs is 1. The molecular weight excluding hydrogens is 441 g/mol. The highest BCUT2D eigenvalue weighted by Gasteiger charge is 2.12. The first-order valence-electron chi connectivity index (χ1n) is 10.9. The summed E-state index contributed by atoms with van der Waals surface area (Å²) >= 11 is 6.06. The number of nitrogens with one attached hydrogen (secondary N) is 1. The quantitative estimate of drug-likeness (QED) is 0.312. The smallest absolute Gasteiger partial charge is 0.251 e. The maximum Gasteiger partial charge on any atom is 0.251 e. The topological polar surface area (TPSA) is 56.1 Å². The molecule has 3 aromatic carbocycles. The number of benzene rings is 3.